The first-order valence-electron chi connectivity index (χ1n) is 3.33. The van der Waals surface area contributed by atoms with E-state index in [9.17, 15) is 0 Å². The second kappa shape index (κ2) is 19.3. The van der Waals surface area contributed by atoms with E-state index in [1.807, 2.05) is 60.7 Å². The Bertz CT molecular complexity index is 155. The summed E-state index contributed by atoms with van der Waals surface area (Å²) in [7, 11) is 0. The van der Waals surface area contributed by atoms with Crippen molar-refractivity contribution in [3.05, 3.63) is 60.7 Å². The quantitative estimate of drug-likeness (QED) is 0.372. The molecule has 0 saturated carbocycles. The third-order valence-electron chi connectivity index (χ3n) is 1.11. The van der Waals surface area contributed by atoms with Crippen LogP contribution in [0.15, 0.2) is 60.7 Å². The summed E-state index contributed by atoms with van der Waals surface area (Å²) in [6.45, 7) is 0. The van der Waals surface area contributed by atoms with Gasteiger partial charge in [-0.05, 0) is 0 Å². The number of hydrogen-bond acceptors (Lipinski definition) is 0. The van der Waals surface area contributed by atoms with Crippen molar-refractivity contribution in [1.82, 2.24) is 0 Å². The molecule has 0 aliphatic heterocycles. The minimum Gasteiger partial charge on any atom is -1.00 e. The molecule has 2 aromatic rings. The zero-order chi connectivity index (χ0) is 7.07. The van der Waals surface area contributed by atoms with Crippen molar-refractivity contribution in [1.29, 1.82) is 0 Å². The monoisotopic (exact) mass is 418 g/mol. The fourth-order valence-corrected chi connectivity index (χ4v) is 0.642. The minimum atomic E-state index is 0. The smallest absolute Gasteiger partial charge is 0 e. The molecule has 81 valence electrons. The van der Waals surface area contributed by atoms with Gasteiger partial charge in [0.2, 0.25) is 0 Å². The largest absolute Gasteiger partial charge is 1.00 e. The summed E-state index contributed by atoms with van der Waals surface area (Å²) in [4.78, 5) is 0. The van der Waals surface area contributed by atoms with Crippen molar-refractivity contribution in [3.63, 3.8) is 0 Å². The summed E-state index contributed by atoms with van der Waals surface area (Å²) in [5, 5.41) is 0. The summed E-state index contributed by atoms with van der Waals surface area (Å²) in [5.74, 6) is 0. The zero-order valence-electron chi connectivity index (χ0n) is 7.35. The van der Waals surface area contributed by atoms with Gasteiger partial charge in [-0.2, -0.15) is 36.4 Å². The molecular formula is C10H10Br3V-5. The van der Waals surface area contributed by atoms with Crippen LogP contribution in [0.25, 0.3) is 0 Å². The zero-order valence-corrected chi connectivity index (χ0v) is 13.5. The first-order valence-corrected chi connectivity index (χ1v) is 3.33. The van der Waals surface area contributed by atoms with Gasteiger partial charge in [0.15, 0.2) is 0 Å². The number of hydrogen-bond donors (Lipinski definition) is 0. The number of rotatable bonds is 0. The Kier molecular flexibility index (Phi) is 33.3. The van der Waals surface area contributed by atoms with Crippen molar-refractivity contribution in [2.75, 3.05) is 0 Å². The van der Waals surface area contributed by atoms with Gasteiger partial charge in [0.05, 0.1) is 0 Å². The second-order valence-corrected chi connectivity index (χ2v) is 1.92. The maximum absolute atomic E-state index is 2.00. The summed E-state index contributed by atoms with van der Waals surface area (Å²) >= 11 is 0. The Balaban J connectivity index is -0.0000000556. The number of halogens is 3. The van der Waals surface area contributed by atoms with E-state index >= 15 is 0 Å². The summed E-state index contributed by atoms with van der Waals surface area (Å²) in [5.41, 5.74) is 0. The summed E-state index contributed by atoms with van der Waals surface area (Å²) in [6, 6.07) is 20.0. The molecule has 1 radical (unpaired) electrons. The molecule has 0 N–H and O–H groups in total. The average molecular weight is 421 g/mol. The predicted molar refractivity (Wildman–Crippen MR) is 44.1 cm³/mol. The van der Waals surface area contributed by atoms with Crippen molar-refractivity contribution < 1.29 is 69.5 Å². The molecule has 0 spiro atoms. The van der Waals surface area contributed by atoms with E-state index in [1.165, 1.54) is 0 Å². The predicted octanol–water partition coefficient (Wildman–Crippen LogP) is -6.18. The van der Waals surface area contributed by atoms with E-state index in [1.54, 1.807) is 0 Å². The van der Waals surface area contributed by atoms with Gasteiger partial charge in [-0.1, -0.05) is 0 Å². The SMILES string of the molecule is [Br-].[Br-].[Br-].[V].c1cc[cH-]c1.c1cc[cH-]c1. The van der Waals surface area contributed by atoms with Crippen LogP contribution in [0.3, 0.4) is 0 Å². The Labute approximate surface area is 129 Å². The molecule has 0 unspecified atom stereocenters. The molecule has 14 heavy (non-hydrogen) atoms. The van der Waals surface area contributed by atoms with Gasteiger partial charge >= 0.3 is 0 Å². The van der Waals surface area contributed by atoms with Crippen molar-refractivity contribution in [3.8, 4) is 0 Å². The normalized spacial score (nSPS) is 5.71. The van der Waals surface area contributed by atoms with Gasteiger partial charge in [0, 0.05) is 18.6 Å². The van der Waals surface area contributed by atoms with Crippen molar-refractivity contribution in [2.45, 2.75) is 0 Å². The molecular weight excluding hydrogens is 411 g/mol. The molecule has 0 bridgehead atoms. The van der Waals surface area contributed by atoms with Crippen molar-refractivity contribution >= 4 is 0 Å². The minimum absolute atomic E-state index is 0. The molecule has 4 heteroatoms. The van der Waals surface area contributed by atoms with Crippen LogP contribution < -0.4 is 50.9 Å². The van der Waals surface area contributed by atoms with E-state index in [4.69, 9.17) is 0 Å². The second-order valence-electron chi connectivity index (χ2n) is 1.92. The van der Waals surface area contributed by atoms with Gasteiger partial charge in [-0.3, -0.25) is 0 Å². The van der Waals surface area contributed by atoms with Gasteiger partial charge in [-0.25, -0.2) is 24.3 Å². The van der Waals surface area contributed by atoms with Crippen LogP contribution in [0.1, 0.15) is 0 Å². The fraction of sp³-hybridized carbons (Fsp3) is 0. The Morgan fingerprint density at radius 3 is 0.786 bits per heavy atom. The Hall–Kier alpha value is 0.724. The summed E-state index contributed by atoms with van der Waals surface area (Å²) < 4.78 is 0. The maximum atomic E-state index is 2.00. The van der Waals surface area contributed by atoms with Gasteiger partial charge < -0.3 is 50.9 Å². The third-order valence-corrected chi connectivity index (χ3v) is 1.11. The molecule has 2 rings (SSSR count). The van der Waals surface area contributed by atoms with Crippen LogP contribution in [-0.4, -0.2) is 0 Å². The molecule has 0 aromatic heterocycles. The van der Waals surface area contributed by atoms with E-state index in [2.05, 4.69) is 0 Å². The molecule has 0 aliphatic carbocycles. The molecule has 2 aromatic carbocycles. The fourth-order valence-electron chi connectivity index (χ4n) is 0.642. The van der Waals surface area contributed by atoms with Crippen LogP contribution in [0.2, 0.25) is 0 Å². The van der Waals surface area contributed by atoms with E-state index < -0.39 is 0 Å². The first-order chi connectivity index (χ1) is 5.00. The van der Waals surface area contributed by atoms with Gasteiger partial charge in [-0.15, -0.1) is 0 Å². The van der Waals surface area contributed by atoms with Crippen LogP contribution in [-0.2, 0) is 18.6 Å². The van der Waals surface area contributed by atoms with Crippen LogP contribution in [0, 0.1) is 0 Å². The third kappa shape index (κ3) is 15.2. The average Bonchev–Trinajstić information content (AvgIpc) is 2.67. The Morgan fingerprint density at radius 1 is 0.500 bits per heavy atom. The molecule has 0 saturated heterocycles. The van der Waals surface area contributed by atoms with Gasteiger partial charge in [0.25, 0.3) is 0 Å². The molecule has 0 heterocycles. The Morgan fingerprint density at radius 2 is 0.714 bits per heavy atom. The summed E-state index contributed by atoms with van der Waals surface area (Å²) in [6.07, 6.45) is 0. The maximum Gasteiger partial charge on any atom is 0 e. The van der Waals surface area contributed by atoms with Crippen LogP contribution in [0.5, 0.6) is 0 Å². The van der Waals surface area contributed by atoms with E-state index in [0.29, 0.717) is 0 Å². The standard InChI is InChI=1S/2C5H5.3BrH.V/c2*1-2-4-5-3-1;;;;/h2*1-5H;3*1H;/q2*-1;;;;/p-3. The molecule has 0 nitrogen and oxygen atoms in total. The molecule has 0 atom stereocenters. The molecule has 0 fully saturated rings. The van der Waals surface area contributed by atoms with E-state index in [0.717, 1.165) is 0 Å². The molecule has 0 aliphatic rings. The topological polar surface area (TPSA) is 0 Å². The van der Waals surface area contributed by atoms with E-state index in [-0.39, 0.29) is 69.5 Å². The molecule has 0 amide bonds. The van der Waals surface area contributed by atoms with Crippen molar-refractivity contribution in [2.24, 2.45) is 0 Å². The van der Waals surface area contributed by atoms with Gasteiger partial charge in [0.1, 0.15) is 0 Å². The van der Waals surface area contributed by atoms with Crippen LogP contribution in [0.4, 0.5) is 0 Å². The van der Waals surface area contributed by atoms with Crippen LogP contribution >= 0.6 is 0 Å². The first kappa shape index (κ1) is 24.1.